The molecule has 2 aromatic carbocycles. The van der Waals surface area contributed by atoms with E-state index in [-0.39, 0.29) is 23.8 Å². The number of amides is 3. The smallest absolute Gasteiger partial charge is 0.323 e. The van der Waals surface area contributed by atoms with Crippen LogP contribution in [0.3, 0.4) is 0 Å². The molecule has 0 atom stereocenters. The molecule has 35 heavy (non-hydrogen) atoms. The van der Waals surface area contributed by atoms with E-state index in [0.29, 0.717) is 11.3 Å². The molecule has 0 bridgehead atoms. The van der Waals surface area contributed by atoms with Crippen molar-refractivity contribution in [2.75, 3.05) is 41.7 Å². The lowest BCUT2D eigenvalue weighted by Crippen LogP contribution is -2.34. The summed E-state index contributed by atoms with van der Waals surface area (Å²) < 4.78 is 0. The number of hydrogen-bond donors (Lipinski definition) is 2. The maximum Gasteiger partial charge on any atom is 0.323 e. The van der Waals surface area contributed by atoms with Gasteiger partial charge in [0, 0.05) is 43.2 Å². The van der Waals surface area contributed by atoms with E-state index in [1.807, 2.05) is 23.1 Å². The van der Waals surface area contributed by atoms with Crippen LogP contribution in [-0.2, 0) is 0 Å². The van der Waals surface area contributed by atoms with Crippen LogP contribution in [0, 0.1) is 0 Å². The Hall–Kier alpha value is -3.02. The number of para-hydroxylation sites is 1. The van der Waals surface area contributed by atoms with Crippen molar-refractivity contribution in [2.24, 2.45) is 0 Å². The fourth-order valence-electron chi connectivity index (χ4n) is 5.26. The van der Waals surface area contributed by atoms with E-state index in [9.17, 15) is 9.59 Å². The summed E-state index contributed by atoms with van der Waals surface area (Å²) in [6.45, 7) is 12.1. The average Bonchev–Trinajstić information content (AvgIpc) is 3.39. The van der Waals surface area contributed by atoms with E-state index in [1.54, 1.807) is 0 Å². The Labute approximate surface area is 210 Å². The van der Waals surface area contributed by atoms with Crippen molar-refractivity contribution < 1.29 is 9.59 Å². The molecule has 2 heterocycles. The number of carbonyl (C=O) groups excluding carboxylic acids is 2. The van der Waals surface area contributed by atoms with Crippen molar-refractivity contribution >= 4 is 29.0 Å². The van der Waals surface area contributed by atoms with Crippen molar-refractivity contribution in [1.82, 2.24) is 4.90 Å². The third-order valence-electron chi connectivity index (χ3n) is 7.19. The molecule has 3 amide bonds. The first-order valence-corrected chi connectivity index (χ1v) is 13.2. The fraction of sp³-hybridized carbons (Fsp3) is 0.517. The second-order valence-electron chi connectivity index (χ2n) is 10.5. The van der Waals surface area contributed by atoms with Crippen molar-refractivity contribution in [2.45, 2.75) is 71.6 Å². The van der Waals surface area contributed by atoms with Crippen molar-refractivity contribution in [3.8, 4) is 0 Å². The van der Waals surface area contributed by atoms with Crippen LogP contribution >= 0.6 is 0 Å². The first kappa shape index (κ1) is 25.1. The molecule has 0 aromatic heterocycles. The van der Waals surface area contributed by atoms with Gasteiger partial charge in [-0.05, 0) is 73.3 Å². The van der Waals surface area contributed by atoms with Gasteiger partial charge in [-0.3, -0.25) is 4.79 Å². The minimum atomic E-state index is -0.287. The number of anilines is 3. The molecule has 2 saturated heterocycles. The molecule has 2 aromatic rings. The highest BCUT2D eigenvalue weighted by Gasteiger charge is 2.25. The normalized spacial score (nSPS) is 16.2. The molecule has 6 nitrogen and oxygen atoms in total. The number of likely N-dealkylation sites (tertiary alicyclic amines) is 1. The van der Waals surface area contributed by atoms with Gasteiger partial charge in [-0.1, -0.05) is 45.9 Å². The van der Waals surface area contributed by atoms with E-state index in [2.05, 4.69) is 61.4 Å². The van der Waals surface area contributed by atoms with Gasteiger partial charge in [0.25, 0.3) is 5.91 Å². The number of hydrogen-bond acceptors (Lipinski definition) is 3. The summed E-state index contributed by atoms with van der Waals surface area (Å²) in [5, 5.41) is 6.12. The summed E-state index contributed by atoms with van der Waals surface area (Å²) in [7, 11) is 0. The molecular formula is C29H40N4O2. The topological polar surface area (TPSA) is 64.7 Å². The molecule has 2 fully saturated rings. The van der Waals surface area contributed by atoms with Crippen LogP contribution in [0.25, 0.3) is 0 Å². The first-order chi connectivity index (χ1) is 16.8. The molecule has 0 aliphatic carbocycles. The Morgan fingerprint density at radius 3 is 1.97 bits per heavy atom. The van der Waals surface area contributed by atoms with Gasteiger partial charge in [0.1, 0.15) is 0 Å². The number of piperidine rings is 1. The zero-order valence-corrected chi connectivity index (χ0v) is 21.7. The first-order valence-electron chi connectivity index (χ1n) is 13.2. The van der Waals surface area contributed by atoms with Crippen LogP contribution in [0.1, 0.15) is 93.1 Å². The molecule has 188 valence electrons. The molecule has 0 radical (unpaired) electrons. The van der Waals surface area contributed by atoms with E-state index in [1.165, 1.54) is 6.42 Å². The Morgan fingerprint density at radius 2 is 1.37 bits per heavy atom. The zero-order chi connectivity index (χ0) is 24.9. The molecule has 0 unspecified atom stereocenters. The molecule has 2 aliphatic rings. The quantitative estimate of drug-likeness (QED) is 0.482. The van der Waals surface area contributed by atoms with Crippen LogP contribution in [-0.4, -0.2) is 43.0 Å². The number of benzene rings is 2. The number of urea groups is 1. The Bertz CT molecular complexity index is 1020. The van der Waals surface area contributed by atoms with Gasteiger partial charge in [0.2, 0.25) is 0 Å². The van der Waals surface area contributed by atoms with E-state index in [0.717, 1.165) is 74.4 Å². The number of nitrogens with one attached hydrogen (secondary N) is 2. The monoisotopic (exact) mass is 476 g/mol. The van der Waals surface area contributed by atoms with Gasteiger partial charge >= 0.3 is 6.03 Å². The SMILES string of the molecule is CC(C)c1cccc(C(C)C)c1NC(=O)Nc1ccc(N2CCCCC2)c(C(=O)N2CCCC2)c1. The number of nitrogens with zero attached hydrogens (tertiary/aromatic N) is 2. The Kier molecular flexibility index (Phi) is 7.99. The Morgan fingerprint density at radius 1 is 0.771 bits per heavy atom. The summed E-state index contributed by atoms with van der Waals surface area (Å²) in [6, 6.07) is 11.7. The highest BCUT2D eigenvalue weighted by atomic mass is 16.2. The van der Waals surface area contributed by atoms with Gasteiger partial charge in [-0.2, -0.15) is 0 Å². The second-order valence-corrected chi connectivity index (χ2v) is 10.5. The molecule has 2 aliphatic heterocycles. The summed E-state index contributed by atoms with van der Waals surface area (Å²) in [6.07, 6.45) is 5.64. The van der Waals surface area contributed by atoms with Crippen LogP contribution in [0.5, 0.6) is 0 Å². The molecule has 2 N–H and O–H groups in total. The van der Waals surface area contributed by atoms with Crippen LogP contribution in [0.4, 0.5) is 21.9 Å². The summed E-state index contributed by atoms with van der Waals surface area (Å²) >= 11 is 0. The maximum absolute atomic E-state index is 13.4. The minimum Gasteiger partial charge on any atom is -0.371 e. The molecule has 6 heteroatoms. The fourth-order valence-corrected chi connectivity index (χ4v) is 5.26. The van der Waals surface area contributed by atoms with E-state index in [4.69, 9.17) is 0 Å². The van der Waals surface area contributed by atoms with Crippen molar-refractivity contribution in [3.63, 3.8) is 0 Å². The highest BCUT2D eigenvalue weighted by molar-refractivity contribution is 6.04. The lowest BCUT2D eigenvalue weighted by molar-refractivity contribution is 0.0793. The minimum absolute atomic E-state index is 0.0689. The molecular weight excluding hydrogens is 436 g/mol. The highest BCUT2D eigenvalue weighted by Crippen LogP contribution is 2.33. The molecule has 0 saturated carbocycles. The van der Waals surface area contributed by atoms with Crippen molar-refractivity contribution in [1.29, 1.82) is 0 Å². The standard InChI is InChI=1S/C29H40N4O2/c1-20(2)23-11-10-12-24(21(3)4)27(23)31-29(35)30-22-13-14-26(32-15-6-5-7-16-32)25(19-22)28(34)33-17-8-9-18-33/h10-14,19-21H,5-9,15-18H2,1-4H3,(H2,30,31,35). The van der Waals surface area contributed by atoms with Gasteiger partial charge in [0.15, 0.2) is 0 Å². The van der Waals surface area contributed by atoms with Crippen LogP contribution in [0.15, 0.2) is 36.4 Å². The van der Waals surface area contributed by atoms with Crippen LogP contribution < -0.4 is 15.5 Å². The third kappa shape index (κ3) is 5.80. The van der Waals surface area contributed by atoms with E-state index < -0.39 is 0 Å². The maximum atomic E-state index is 13.4. The lowest BCUT2D eigenvalue weighted by atomic mass is 9.93. The van der Waals surface area contributed by atoms with Gasteiger partial charge in [-0.25, -0.2) is 4.79 Å². The van der Waals surface area contributed by atoms with E-state index >= 15 is 0 Å². The number of rotatable bonds is 6. The lowest BCUT2D eigenvalue weighted by Gasteiger charge is -2.31. The molecule has 4 rings (SSSR count). The van der Waals surface area contributed by atoms with Crippen LogP contribution in [0.2, 0.25) is 0 Å². The summed E-state index contributed by atoms with van der Waals surface area (Å²) in [5.41, 5.74) is 5.44. The zero-order valence-electron chi connectivity index (χ0n) is 21.7. The summed E-state index contributed by atoms with van der Waals surface area (Å²) in [5.74, 6) is 0.648. The number of carbonyl (C=O) groups is 2. The largest absolute Gasteiger partial charge is 0.371 e. The molecule has 0 spiro atoms. The predicted molar refractivity (Wildman–Crippen MR) is 145 cm³/mol. The van der Waals surface area contributed by atoms with Gasteiger partial charge in [-0.15, -0.1) is 0 Å². The van der Waals surface area contributed by atoms with Gasteiger partial charge in [0.05, 0.1) is 5.56 Å². The second kappa shape index (κ2) is 11.1. The Balaban J connectivity index is 1.59. The summed E-state index contributed by atoms with van der Waals surface area (Å²) in [4.78, 5) is 30.8. The average molecular weight is 477 g/mol. The van der Waals surface area contributed by atoms with Gasteiger partial charge < -0.3 is 20.4 Å². The van der Waals surface area contributed by atoms with Crippen molar-refractivity contribution in [3.05, 3.63) is 53.1 Å². The third-order valence-corrected chi connectivity index (χ3v) is 7.19. The predicted octanol–water partition coefficient (Wildman–Crippen LogP) is 6.80.